The molecule has 0 fully saturated rings. The van der Waals surface area contributed by atoms with Gasteiger partial charge in [0.25, 0.3) is 0 Å². The van der Waals surface area contributed by atoms with Gasteiger partial charge in [-0.2, -0.15) is 0 Å². The minimum Gasteiger partial charge on any atom is -0.394 e. The monoisotopic (exact) mass is 946 g/mol. The highest BCUT2D eigenvalue weighted by Crippen LogP contribution is 2.19. The molecular formula is C61H119NO5. The quantitative estimate of drug-likeness (QED) is 0.0308. The smallest absolute Gasteiger partial charge is 0.249 e. The Hall–Kier alpha value is -1.21. The maximum absolute atomic E-state index is 12.6. The Balaban J connectivity index is 3.55. The maximum atomic E-state index is 12.6. The van der Waals surface area contributed by atoms with Crippen molar-refractivity contribution >= 4 is 5.91 Å². The van der Waals surface area contributed by atoms with Crippen LogP contribution < -0.4 is 5.32 Å². The standard InChI is InChI=1S/C61H119NO5/c1-3-5-7-9-11-13-15-17-19-21-23-25-26-27-28-29-30-31-32-33-34-35-37-38-40-42-44-46-48-50-52-54-58(64)60(66)57(56-63)62-61(67)59(65)55-53-51-49-47-45-43-41-39-36-24-22-20-18-16-14-12-10-8-6-4-2/h6,8,12,14,57-60,63-66H,3-5,7,9-11,13,15-56H2,1-2H3,(H,62,67)/b8-6-,14-12-. The van der Waals surface area contributed by atoms with Crippen LogP contribution in [0.2, 0.25) is 0 Å². The highest BCUT2D eigenvalue weighted by atomic mass is 16.3. The predicted molar refractivity (Wildman–Crippen MR) is 293 cm³/mol. The fourth-order valence-electron chi connectivity index (χ4n) is 9.74. The van der Waals surface area contributed by atoms with Gasteiger partial charge in [0.05, 0.1) is 18.8 Å². The van der Waals surface area contributed by atoms with E-state index in [1.54, 1.807) is 0 Å². The molecule has 0 aliphatic carbocycles. The summed E-state index contributed by atoms with van der Waals surface area (Å²) in [5.41, 5.74) is 0. The second-order valence-corrected chi connectivity index (χ2v) is 21.0. The first-order valence-corrected chi connectivity index (χ1v) is 30.2. The predicted octanol–water partition coefficient (Wildman–Crippen LogP) is 17.8. The van der Waals surface area contributed by atoms with Crippen LogP contribution in [-0.4, -0.2) is 57.3 Å². The van der Waals surface area contributed by atoms with Crippen molar-refractivity contribution in [2.45, 2.75) is 353 Å². The Morgan fingerprint density at radius 3 is 1.01 bits per heavy atom. The number of allylic oxidation sites excluding steroid dienone is 4. The lowest BCUT2D eigenvalue weighted by Gasteiger charge is -2.27. The molecule has 1 amide bonds. The minimum atomic E-state index is -1.26. The average molecular weight is 947 g/mol. The minimum absolute atomic E-state index is 0.370. The molecule has 0 aromatic rings. The van der Waals surface area contributed by atoms with Crippen LogP contribution in [0.3, 0.4) is 0 Å². The first-order chi connectivity index (χ1) is 33.0. The number of hydrogen-bond donors (Lipinski definition) is 5. The van der Waals surface area contributed by atoms with Crippen molar-refractivity contribution in [1.82, 2.24) is 5.32 Å². The van der Waals surface area contributed by atoms with Gasteiger partial charge in [-0.1, -0.05) is 314 Å². The fraction of sp³-hybridized carbons (Fsp3) is 0.918. The van der Waals surface area contributed by atoms with Crippen LogP contribution in [0.1, 0.15) is 328 Å². The lowest BCUT2D eigenvalue weighted by molar-refractivity contribution is -0.132. The lowest BCUT2D eigenvalue weighted by atomic mass is 9.99. The highest BCUT2D eigenvalue weighted by Gasteiger charge is 2.28. The Kier molecular flexibility index (Phi) is 54.7. The van der Waals surface area contributed by atoms with Crippen LogP contribution in [0.15, 0.2) is 24.3 Å². The number of unbranched alkanes of at least 4 members (excludes halogenated alkanes) is 43. The zero-order valence-corrected chi connectivity index (χ0v) is 45.2. The summed E-state index contributed by atoms with van der Waals surface area (Å²) in [5.74, 6) is -0.580. The van der Waals surface area contributed by atoms with E-state index in [2.05, 4.69) is 43.5 Å². The molecule has 0 aliphatic rings. The summed E-state index contributed by atoms with van der Waals surface area (Å²) in [6, 6.07) is -0.985. The van der Waals surface area contributed by atoms with Crippen LogP contribution in [-0.2, 0) is 4.79 Å². The van der Waals surface area contributed by atoms with Gasteiger partial charge >= 0.3 is 0 Å². The second-order valence-electron chi connectivity index (χ2n) is 21.0. The van der Waals surface area contributed by atoms with Gasteiger partial charge in [0.15, 0.2) is 0 Å². The van der Waals surface area contributed by atoms with Crippen molar-refractivity contribution < 1.29 is 25.2 Å². The molecule has 6 nitrogen and oxygen atoms in total. The van der Waals surface area contributed by atoms with E-state index in [1.165, 1.54) is 250 Å². The van der Waals surface area contributed by atoms with Gasteiger partial charge in [-0.05, 0) is 38.5 Å². The topological polar surface area (TPSA) is 110 Å². The van der Waals surface area contributed by atoms with E-state index in [0.29, 0.717) is 12.8 Å². The zero-order chi connectivity index (χ0) is 48.8. The number of carbonyl (C=O) groups excluding carboxylic acids is 1. The van der Waals surface area contributed by atoms with Gasteiger partial charge in [-0.3, -0.25) is 4.79 Å². The van der Waals surface area contributed by atoms with E-state index < -0.39 is 36.9 Å². The Morgan fingerprint density at radius 2 is 0.687 bits per heavy atom. The SMILES string of the molecule is CC/C=C\C/C=C\CCCCCCCCCCCCCCCC(O)C(=O)NC(CO)C(O)C(O)CCCCCCCCCCCCCCCCCCCCCCCCCCCCCCCCC. The van der Waals surface area contributed by atoms with Gasteiger partial charge in [0.1, 0.15) is 12.2 Å². The van der Waals surface area contributed by atoms with Crippen molar-refractivity contribution in [1.29, 1.82) is 0 Å². The third-order valence-corrected chi connectivity index (χ3v) is 14.4. The summed E-state index contributed by atoms with van der Waals surface area (Å²) in [6.07, 6.45) is 68.4. The van der Waals surface area contributed by atoms with Gasteiger partial charge in [-0.15, -0.1) is 0 Å². The van der Waals surface area contributed by atoms with Crippen LogP contribution in [0.4, 0.5) is 0 Å². The van der Waals surface area contributed by atoms with Crippen molar-refractivity contribution in [3.05, 3.63) is 24.3 Å². The first kappa shape index (κ1) is 65.8. The number of nitrogens with one attached hydrogen (secondary N) is 1. The number of hydrogen-bond acceptors (Lipinski definition) is 5. The van der Waals surface area contributed by atoms with E-state index >= 15 is 0 Å². The Bertz CT molecular complexity index is 1020. The maximum Gasteiger partial charge on any atom is 0.249 e. The molecule has 0 saturated carbocycles. The molecular weight excluding hydrogens is 827 g/mol. The molecule has 5 N–H and O–H groups in total. The van der Waals surface area contributed by atoms with Crippen LogP contribution in [0.25, 0.3) is 0 Å². The summed E-state index contributed by atoms with van der Waals surface area (Å²) in [7, 11) is 0. The van der Waals surface area contributed by atoms with E-state index in [-0.39, 0.29) is 0 Å². The molecule has 6 heteroatoms. The van der Waals surface area contributed by atoms with Crippen LogP contribution >= 0.6 is 0 Å². The molecule has 0 saturated heterocycles. The van der Waals surface area contributed by atoms with Gasteiger partial charge in [-0.25, -0.2) is 0 Å². The summed E-state index contributed by atoms with van der Waals surface area (Å²) >= 11 is 0. The van der Waals surface area contributed by atoms with Crippen molar-refractivity contribution in [2.24, 2.45) is 0 Å². The highest BCUT2D eigenvalue weighted by molar-refractivity contribution is 5.80. The molecule has 0 rings (SSSR count). The lowest BCUT2D eigenvalue weighted by Crippen LogP contribution is -2.53. The third-order valence-electron chi connectivity index (χ3n) is 14.4. The van der Waals surface area contributed by atoms with E-state index in [4.69, 9.17) is 0 Å². The number of aliphatic hydroxyl groups is 4. The molecule has 0 radical (unpaired) electrons. The number of aliphatic hydroxyl groups excluding tert-OH is 4. The third kappa shape index (κ3) is 49.6. The number of carbonyl (C=O) groups is 1. The normalized spacial score (nSPS) is 13.8. The van der Waals surface area contributed by atoms with Crippen LogP contribution in [0.5, 0.6) is 0 Å². The summed E-state index contributed by atoms with van der Waals surface area (Å²) in [4.78, 5) is 12.6. The number of amides is 1. The van der Waals surface area contributed by atoms with E-state index in [1.807, 2.05) is 0 Å². The molecule has 4 atom stereocenters. The molecule has 0 heterocycles. The zero-order valence-electron chi connectivity index (χ0n) is 45.2. The van der Waals surface area contributed by atoms with Crippen LogP contribution in [0, 0.1) is 0 Å². The van der Waals surface area contributed by atoms with Crippen molar-refractivity contribution in [3.8, 4) is 0 Å². The summed E-state index contributed by atoms with van der Waals surface area (Å²) in [6.45, 7) is 3.99. The first-order valence-electron chi connectivity index (χ1n) is 30.2. The summed E-state index contributed by atoms with van der Waals surface area (Å²) < 4.78 is 0. The average Bonchev–Trinajstić information content (AvgIpc) is 3.33. The molecule has 0 spiro atoms. The molecule has 67 heavy (non-hydrogen) atoms. The van der Waals surface area contributed by atoms with Gasteiger partial charge in [0, 0.05) is 0 Å². The molecule has 0 aromatic carbocycles. The number of rotatable bonds is 56. The fourth-order valence-corrected chi connectivity index (χ4v) is 9.74. The summed E-state index contributed by atoms with van der Waals surface area (Å²) in [5, 5.41) is 44.1. The second kappa shape index (κ2) is 55.7. The van der Waals surface area contributed by atoms with Crippen molar-refractivity contribution in [3.63, 3.8) is 0 Å². The Morgan fingerprint density at radius 1 is 0.388 bits per heavy atom. The molecule has 398 valence electrons. The van der Waals surface area contributed by atoms with E-state index in [0.717, 1.165) is 51.4 Å². The van der Waals surface area contributed by atoms with Gasteiger partial charge < -0.3 is 25.7 Å². The molecule has 0 bridgehead atoms. The molecule has 4 unspecified atom stereocenters. The van der Waals surface area contributed by atoms with Gasteiger partial charge in [0.2, 0.25) is 5.91 Å². The van der Waals surface area contributed by atoms with E-state index in [9.17, 15) is 25.2 Å². The molecule has 0 aliphatic heterocycles. The molecule has 0 aromatic heterocycles. The largest absolute Gasteiger partial charge is 0.394 e. The van der Waals surface area contributed by atoms with Crippen molar-refractivity contribution in [2.75, 3.05) is 6.61 Å². The Labute approximate surface area is 418 Å².